The van der Waals surface area contributed by atoms with E-state index < -0.39 is 12.2 Å². The van der Waals surface area contributed by atoms with Crippen molar-refractivity contribution in [1.82, 2.24) is 5.32 Å². The third kappa shape index (κ3) is 1.86. The Hall–Kier alpha value is -1.55. The zero-order chi connectivity index (χ0) is 12.8. The molecule has 4 heteroatoms. The lowest BCUT2D eigenvalue weighted by atomic mass is 9.91. The molecule has 2 aromatic carbocycles. The third-order valence-electron chi connectivity index (χ3n) is 3.39. The Morgan fingerprint density at radius 3 is 2.39 bits per heavy atom. The Morgan fingerprint density at radius 2 is 1.72 bits per heavy atom. The molecule has 0 saturated heterocycles. The van der Waals surface area contributed by atoms with Gasteiger partial charge < -0.3 is 5.32 Å². The minimum atomic E-state index is -4.24. The predicted octanol–water partition coefficient (Wildman–Crippen LogP) is 3.59. The molecular formula is C14H12F3N. The Labute approximate surface area is 103 Å². The van der Waals surface area contributed by atoms with E-state index in [0.29, 0.717) is 18.5 Å². The average molecular weight is 251 g/mol. The number of halogens is 3. The average Bonchev–Trinajstić information content (AvgIpc) is 2.34. The fourth-order valence-corrected chi connectivity index (χ4v) is 2.54. The molecule has 18 heavy (non-hydrogen) atoms. The molecule has 0 aliphatic carbocycles. The number of benzene rings is 2. The van der Waals surface area contributed by atoms with Crippen molar-refractivity contribution in [3.8, 4) is 0 Å². The molecule has 1 N–H and O–H groups in total. The lowest BCUT2D eigenvalue weighted by Crippen LogP contribution is -2.39. The maximum absolute atomic E-state index is 13.0. The van der Waals surface area contributed by atoms with Crippen LogP contribution in [0.25, 0.3) is 10.8 Å². The highest BCUT2D eigenvalue weighted by atomic mass is 19.4. The van der Waals surface area contributed by atoms with Gasteiger partial charge in [0.2, 0.25) is 0 Å². The van der Waals surface area contributed by atoms with Crippen LogP contribution < -0.4 is 5.32 Å². The largest absolute Gasteiger partial charge is 0.407 e. The fraction of sp³-hybridized carbons (Fsp3) is 0.286. The molecule has 0 amide bonds. The highest BCUT2D eigenvalue weighted by Gasteiger charge is 2.42. The molecule has 0 aromatic heterocycles. The van der Waals surface area contributed by atoms with E-state index >= 15 is 0 Å². The molecule has 94 valence electrons. The van der Waals surface area contributed by atoms with Crippen molar-refractivity contribution >= 4 is 10.8 Å². The normalized spacial score (nSPS) is 19.8. The van der Waals surface area contributed by atoms with Gasteiger partial charge in [0.05, 0.1) is 0 Å². The number of hydrogen-bond acceptors (Lipinski definition) is 1. The van der Waals surface area contributed by atoms with Crippen LogP contribution in [0.4, 0.5) is 13.2 Å². The molecule has 1 heterocycles. The molecule has 0 bridgehead atoms. The molecule has 0 saturated carbocycles. The lowest BCUT2D eigenvalue weighted by molar-refractivity contribution is -0.158. The van der Waals surface area contributed by atoms with Gasteiger partial charge in [0.25, 0.3) is 0 Å². The summed E-state index contributed by atoms with van der Waals surface area (Å²) in [6, 6.07) is 9.52. The fourth-order valence-electron chi connectivity index (χ4n) is 2.54. The van der Waals surface area contributed by atoms with Gasteiger partial charge in [-0.25, -0.2) is 0 Å². The Balaban J connectivity index is 2.19. The number of rotatable bonds is 0. The Bertz CT molecular complexity index is 589. The predicted molar refractivity (Wildman–Crippen MR) is 64.5 cm³/mol. The van der Waals surface area contributed by atoms with E-state index in [0.717, 1.165) is 16.3 Å². The van der Waals surface area contributed by atoms with Gasteiger partial charge in [0, 0.05) is 6.54 Å². The van der Waals surface area contributed by atoms with Crippen molar-refractivity contribution in [2.75, 3.05) is 6.54 Å². The summed E-state index contributed by atoms with van der Waals surface area (Å²) in [4.78, 5) is 0. The molecule has 1 aliphatic rings. The summed E-state index contributed by atoms with van der Waals surface area (Å²) in [6.07, 6.45) is -3.59. The van der Waals surface area contributed by atoms with Gasteiger partial charge in [-0.1, -0.05) is 30.3 Å². The molecule has 3 rings (SSSR count). The van der Waals surface area contributed by atoms with Gasteiger partial charge in [-0.05, 0) is 34.4 Å². The van der Waals surface area contributed by atoms with Crippen LogP contribution in [0.15, 0.2) is 36.4 Å². The van der Waals surface area contributed by atoms with Gasteiger partial charge >= 0.3 is 6.18 Å². The summed E-state index contributed by atoms with van der Waals surface area (Å²) in [5.41, 5.74) is 1.17. The van der Waals surface area contributed by atoms with Crippen LogP contribution >= 0.6 is 0 Å². The van der Waals surface area contributed by atoms with E-state index in [-0.39, 0.29) is 0 Å². The zero-order valence-electron chi connectivity index (χ0n) is 9.59. The smallest absolute Gasteiger partial charge is 0.302 e. The summed E-state index contributed by atoms with van der Waals surface area (Å²) >= 11 is 0. The highest BCUT2D eigenvalue weighted by molar-refractivity contribution is 5.84. The van der Waals surface area contributed by atoms with Crippen LogP contribution in [0.5, 0.6) is 0 Å². The molecule has 1 unspecified atom stereocenters. The quantitative estimate of drug-likeness (QED) is 0.754. The maximum atomic E-state index is 13.0. The second-order valence-electron chi connectivity index (χ2n) is 4.58. The summed E-state index contributed by atoms with van der Waals surface area (Å²) in [5.74, 6) is 0. The van der Waals surface area contributed by atoms with Crippen molar-refractivity contribution in [3.63, 3.8) is 0 Å². The molecular weight excluding hydrogens is 239 g/mol. The lowest BCUT2D eigenvalue weighted by Gasteiger charge is -2.29. The molecule has 2 aromatic rings. The Morgan fingerprint density at radius 1 is 1.06 bits per heavy atom. The van der Waals surface area contributed by atoms with Crippen molar-refractivity contribution in [2.45, 2.75) is 18.6 Å². The molecule has 0 radical (unpaired) electrons. The number of fused-ring (bicyclic) bond motifs is 2. The van der Waals surface area contributed by atoms with Crippen LogP contribution in [-0.2, 0) is 6.42 Å². The van der Waals surface area contributed by atoms with E-state index in [2.05, 4.69) is 5.32 Å². The molecule has 0 spiro atoms. The van der Waals surface area contributed by atoms with E-state index in [1.807, 2.05) is 30.3 Å². The third-order valence-corrected chi connectivity index (χ3v) is 3.39. The van der Waals surface area contributed by atoms with Crippen LogP contribution in [0.3, 0.4) is 0 Å². The highest BCUT2D eigenvalue weighted by Crippen LogP contribution is 2.38. The van der Waals surface area contributed by atoms with Gasteiger partial charge in [0.1, 0.15) is 6.04 Å². The van der Waals surface area contributed by atoms with E-state index in [1.165, 1.54) is 0 Å². The second kappa shape index (κ2) is 3.99. The zero-order valence-corrected chi connectivity index (χ0v) is 9.59. The van der Waals surface area contributed by atoms with Crippen molar-refractivity contribution < 1.29 is 13.2 Å². The first kappa shape index (κ1) is 11.5. The van der Waals surface area contributed by atoms with Crippen LogP contribution in [-0.4, -0.2) is 12.7 Å². The number of nitrogens with one attached hydrogen (secondary N) is 1. The van der Waals surface area contributed by atoms with E-state index in [9.17, 15) is 13.2 Å². The SMILES string of the molecule is FC(F)(F)C1NCCc2cc3ccccc3cc21. The minimum Gasteiger partial charge on any atom is -0.302 e. The van der Waals surface area contributed by atoms with E-state index in [1.54, 1.807) is 6.07 Å². The summed E-state index contributed by atoms with van der Waals surface area (Å²) in [7, 11) is 0. The minimum absolute atomic E-state index is 0.368. The Kier molecular flexibility index (Phi) is 2.55. The number of hydrogen-bond donors (Lipinski definition) is 1. The second-order valence-corrected chi connectivity index (χ2v) is 4.58. The van der Waals surface area contributed by atoms with Crippen molar-refractivity contribution in [2.24, 2.45) is 0 Å². The summed E-state index contributed by atoms with van der Waals surface area (Å²) in [6.45, 7) is 0.371. The number of alkyl halides is 3. The van der Waals surface area contributed by atoms with Gasteiger partial charge in [-0.3, -0.25) is 0 Å². The molecule has 1 aliphatic heterocycles. The topological polar surface area (TPSA) is 12.0 Å². The van der Waals surface area contributed by atoms with Crippen LogP contribution in [0.2, 0.25) is 0 Å². The summed E-state index contributed by atoms with van der Waals surface area (Å²) in [5, 5.41) is 4.41. The molecule has 1 nitrogen and oxygen atoms in total. The van der Waals surface area contributed by atoms with Crippen LogP contribution in [0, 0.1) is 0 Å². The van der Waals surface area contributed by atoms with Gasteiger partial charge in [-0.2, -0.15) is 13.2 Å². The van der Waals surface area contributed by atoms with Gasteiger partial charge in [-0.15, -0.1) is 0 Å². The first-order valence-electron chi connectivity index (χ1n) is 5.87. The standard InChI is InChI=1S/C14H12F3N/c15-14(16,17)13-12-8-10-4-2-1-3-9(10)7-11(12)5-6-18-13/h1-4,7-8,13,18H,5-6H2. The van der Waals surface area contributed by atoms with Crippen LogP contribution in [0.1, 0.15) is 17.2 Å². The first-order valence-corrected chi connectivity index (χ1v) is 5.87. The first-order chi connectivity index (χ1) is 8.55. The molecule has 1 atom stereocenters. The van der Waals surface area contributed by atoms with Gasteiger partial charge in [0.15, 0.2) is 0 Å². The molecule has 0 fully saturated rings. The van der Waals surface area contributed by atoms with Crippen molar-refractivity contribution in [3.05, 3.63) is 47.5 Å². The maximum Gasteiger partial charge on any atom is 0.407 e. The van der Waals surface area contributed by atoms with Crippen molar-refractivity contribution in [1.29, 1.82) is 0 Å². The monoisotopic (exact) mass is 251 g/mol. The van der Waals surface area contributed by atoms with E-state index in [4.69, 9.17) is 0 Å². The summed E-state index contributed by atoms with van der Waals surface area (Å²) < 4.78 is 38.9.